The first-order valence-corrected chi connectivity index (χ1v) is 4.38. The first-order valence-electron chi connectivity index (χ1n) is 4.38. The zero-order valence-electron chi connectivity index (χ0n) is 8.29. The van der Waals surface area contributed by atoms with E-state index in [4.69, 9.17) is 10.2 Å². The Kier molecular flexibility index (Phi) is 4.08. The third-order valence-corrected chi connectivity index (χ3v) is 1.84. The predicted molar refractivity (Wildman–Crippen MR) is 53.7 cm³/mol. The molecular formula is C10H13NO4. The Labute approximate surface area is 87.1 Å². The second kappa shape index (κ2) is 5.33. The molecule has 0 aliphatic carbocycles. The molecule has 0 fully saturated rings. The summed E-state index contributed by atoms with van der Waals surface area (Å²) in [6, 6.07) is 2.35. The summed E-state index contributed by atoms with van der Waals surface area (Å²) in [6.07, 6.45) is 3.32. The molecule has 0 aliphatic heterocycles. The van der Waals surface area contributed by atoms with Gasteiger partial charge in [0.05, 0.1) is 19.5 Å². The summed E-state index contributed by atoms with van der Waals surface area (Å²) in [5.74, 6) is -0.0855. The second-order valence-corrected chi connectivity index (χ2v) is 2.91. The Morgan fingerprint density at radius 3 is 3.00 bits per heavy atom. The van der Waals surface area contributed by atoms with Gasteiger partial charge in [0.2, 0.25) is 0 Å². The average Bonchev–Trinajstić information content (AvgIpc) is 2.76. The Hall–Kier alpha value is -1.59. The maximum Gasteiger partial charge on any atom is 0.325 e. The van der Waals surface area contributed by atoms with Crippen LogP contribution in [0.5, 0.6) is 0 Å². The van der Waals surface area contributed by atoms with E-state index in [1.54, 1.807) is 12.1 Å². The predicted octanol–water partition coefficient (Wildman–Crippen LogP) is 0.154. The number of aliphatic hydroxyl groups excluding tert-OH is 1. The van der Waals surface area contributed by atoms with Crippen LogP contribution < -0.4 is 5.73 Å². The number of hydrogen-bond donors (Lipinski definition) is 2. The smallest absolute Gasteiger partial charge is 0.325 e. The van der Waals surface area contributed by atoms with Crippen molar-refractivity contribution in [3.05, 3.63) is 30.2 Å². The van der Waals surface area contributed by atoms with E-state index >= 15 is 0 Å². The lowest BCUT2D eigenvalue weighted by atomic mass is 10.1. The van der Waals surface area contributed by atoms with Crippen LogP contribution in [0.3, 0.4) is 0 Å². The lowest BCUT2D eigenvalue weighted by Gasteiger charge is -2.12. The molecule has 0 aliphatic rings. The van der Waals surface area contributed by atoms with Crippen LogP contribution in [0.4, 0.5) is 0 Å². The van der Waals surface area contributed by atoms with Gasteiger partial charge in [-0.15, -0.1) is 0 Å². The van der Waals surface area contributed by atoms with Crippen LogP contribution in [0.1, 0.15) is 5.76 Å². The first kappa shape index (κ1) is 11.5. The number of furan rings is 1. The summed E-state index contributed by atoms with van der Waals surface area (Å²) in [4.78, 5) is 11.0. The largest absolute Gasteiger partial charge is 0.468 e. The average molecular weight is 211 g/mol. The van der Waals surface area contributed by atoms with Gasteiger partial charge in [-0.25, -0.2) is 0 Å². The standard InChI is InChI=1S/C10H13NO4/c1-14-10(13)9(11)8(12)5-4-7-3-2-6-15-7/h2-6,8-9,12H,11H2,1H3/b5-4+/t8-,9+/m1/s1. The monoisotopic (exact) mass is 211 g/mol. The summed E-state index contributed by atoms with van der Waals surface area (Å²) in [5, 5.41) is 9.46. The van der Waals surface area contributed by atoms with Crippen molar-refractivity contribution in [1.29, 1.82) is 0 Å². The highest BCUT2D eigenvalue weighted by atomic mass is 16.5. The lowest BCUT2D eigenvalue weighted by molar-refractivity contribution is -0.144. The topological polar surface area (TPSA) is 85.7 Å². The molecule has 15 heavy (non-hydrogen) atoms. The van der Waals surface area contributed by atoms with Crippen LogP contribution in [-0.4, -0.2) is 30.3 Å². The molecule has 0 bridgehead atoms. The Bertz CT molecular complexity index is 331. The number of ether oxygens (including phenoxy) is 1. The van der Waals surface area contributed by atoms with Crippen LogP contribution in [0.2, 0.25) is 0 Å². The normalized spacial score (nSPS) is 15.1. The van der Waals surface area contributed by atoms with Gasteiger partial charge in [0.25, 0.3) is 0 Å². The highest BCUT2D eigenvalue weighted by Gasteiger charge is 2.20. The minimum atomic E-state index is -1.09. The molecule has 0 radical (unpaired) electrons. The van der Waals surface area contributed by atoms with Crippen LogP contribution >= 0.6 is 0 Å². The van der Waals surface area contributed by atoms with E-state index in [9.17, 15) is 9.90 Å². The fourth-order valence-electron chi connectivity index (χ4n) is 0.975. The van der Waals surface area contributed by atoms with Gasteiger partial charge < -0.3 is 20.0 Å². The molecular weight excluding hydrogens is 198 g/mol. The zero-order chi connectivity index (χ0) is 11.3. The number of rotatable bonds is 4. The maximum absolute atomic E-state index is 11.0. The molecule has 0 amide bonds. The quantitative estimate of drug-likeness (QED) is 0.692. The van der Waals surface area contributed by atoms with Crippen molar-refractivity contribution in [3.63, 3.8) is 0 Å². The number of esters is 1. The summed E-state index contributed by atoms with van der Waals surface area (Å²) < 4.78 is 9.38. The Balaban J connectivity index is 2.55. The molecule has 82 valence electrons. The highest BCUT2D eigenvalue weighted by Crippen LogP contribution is 2.04. The molecule has 1 aromatic rings. The molecule has 0 saturated heterocycles. The van der Waals surface area contributed by atoms with Crippen molar-refractivity contribution < 1.29 is 19.1 Å². The fraction of sp³-hybridized carbons (Fsp3) is 0.300. The number of carbonyl (C=O) groups excluding carboxylic acids is 1. The molecule has 5 nitrogen and oxygen atoms in total. The number of nitrogens with two attached hydrogens (primary N) is 1. The molecule has 0 aromatic carbocycles. The van der Waals surface area contributed by atoms with Crippen LogP contribution in [0, 0.1) is 0 Å². The van der Waals surface area contributed by atoms with E-state index in [2.05, 4.69) is 4.74 Å². The highest BCUT2D eigenvalue weighted by molar-refractivity contribution is 5.76. The van der Waals surface area contributed by atoms with Crippen molar-refractivity contribution in [2.45, 2.75) is 12.1 Å². The molecule has 0 unspecified atom stereocenters. The van der Waals surface area contributed by atoms with Gasteiger partial charge in [0.1, 0.15) is 11.8 Å². The van der Waals surface area contributed by atoms with Gasteiger partial charge in [0.15, 0.2) is 0 Å². The van der Waals surface area contributed by atoms with Crippen molar-refractivity contribution >= 4 is 12.0 Å². The third-order valence-electron chi connectivity index (χ3n) is 1.84. The van der Waals surface area contributed by atoms with Crippen molar-refractivity contribution in [3.8, 4) is 0 Å². The minimum Gasteiger partial charge on any atom is -0.468 e. The van der Waals surface area contributed by atoms with Crippen LogP contribution in [-0.2, 0) is 9.53 Å². The summed E-state index contributed by atoms with van der Waals surface area (Å²) in [5.41, 5.74) is 5.40. The van der Waals surface area contributed by atoms with E-state index < -0.39 is 18.1 Å². The van der Waals surface area contributed by atoms with E-state index in [-0.39, 0.29) is 0 Å². The van der Waals surface area contributed by atoms with Crippen molar-refractivity contribution in [1.82, 2.24) is 0 Å². The van der Waals surface area contributed by atoms with Crippen molar-refractivity contribution in [2.24, 2.45) is 5.73 Å². The maximum atomic E-state index is 11.0. The molecule has 1 heterocycles. The lowest BCUT2D eigenvalue weighted by Crippen LogP contribution is -2.41. The number of carbonyl (C=O) groups is 1. The second-order valence-electron chi connectivity index (χ2n) is 2.91. The van der Waals surface area contributed by atoms with Gasteiger partial charge in [0, 0.05) is 0 Å². The summed E-state index contributed by atoms with van der Waals surface area (Å²) >= 11 is 0. The van der Waals surface area contributed by atoms with Crippen LogP contribution in [0.25, 0.3) is 6.08 Å². The van der Waals surface area contributed by atoms with Gasteiger partial charge in [-0.3, -0.25) is 4.79 Å². The molecule has 1 rings (SSSR count). The molecule has 5 heteroatoms. The third kappa shape index (κ3) is 3.23. The minimum absolute atomic E-state index is 0.575. The summed E-state index contributed by atoms with van der Waals surface area (Å²) in [6.45, 7) is 0. The molecule has 1 aromatic heterocycles. The van der Waals surface area contributed by atoms with Gasteiger partial charge in [-0.2, -0.15) is 0 Å². The Morgan fingerprint density at radius 2 is 2.47 bits per heavy atom. The molecule has 0 spiro atoms. The van der Waals surface area contributed by atoms with Gasteiger partial charge >= 0.3 is 5.97 Å². The van der Waals surface area contributed by atoms with Gasteiger partial charge in [-0.1, -0.05) is 6.08 Å². The fourth-order valence-corrected chi connectivity index (χ4v) is 0.975. The SMILES string of the molecule is COC(=O)[C@@H](N)[C@H](O)/C=C/c1ccco1. The first-order chi connectivity index (χ1) is 7.15. The molecule has 0 saturated carbocycles. The molecule has 2 atom stereocenters. The number of hydrogen-bond acceptors (Lipinski definition) is 5. The van der Waals surface area contributed by atoms with E-state index in [1.807, 2.05) is 0 Å². The van der Waals surface area contributed by atoms with E-state index in [0.717, 1.165) is 0 Å². The Morgan fingerprint density at radius 1 is 1.73 bits per heavy atom. The van der Waals surface area contributed by atoms with Gasteiger partial charge in [-0.05, 0) is 18.2 Å². The summed E-state index contributed by atoms with van der Waals surface area (Å²) in [7, 11) is 1.21. The molecule has 3 N–H and O–H groups in total. The van der Waals surface area contributed by atoms with Crippen molar-refractivity contribution in [2.75, 3.05) is 7.11 Å². The van der Waals surface area contributed by atoms with E-state index in [0.29, 0.717) is 5.76 Å². The number of methoxy groups -OCH3 is 1. The van der Waals surface area contributed by atoms with Crippen LogP contribution in [0.15, 0.2) is 28.9 Å². The zero-order valence-corrected chi connectivity index (χ0v) is 8.29. The number of aliphatic hydroxyl groups is 1. The van der Waals surface area contributed by atoms with E-state index in [1.165, 1.54) is 25.5 Å².